The number of carbonyl (C=O) groups excluding carboxylic acids is 1. The predicted octanol–water partition coefficient (Wildman–Crippen LogP) is 6.46. The standard InChI is InChI=1S/C12H24O2.3C2H5.Pb/c1-2-3-4-5-6-7-8-9-10-11-12(13)14;3*1-2;/h2-11H2,1H3,(H,13,14);3*1H2,2H3;/q;;;;+1/p-1. The van der Waals surface area contributed by atoms with Gasteiger partial charge in [0.2, 0.25) is 0 Å². The number of carbonyl (C=O) groups is 1. The first-order valence-corrected chi connectivity index (χ1v) is 19.2. The zero-order valence-corrected chi connectivity index (χ0v) is 18.9. The van der Waals surface area contributed by atoms with E-state index in [1.54, 1.807) is 0 Å². The van der Waals surface area contributed by atoms with Crippen LogP contribution < -0.4 is 0 Å². The van der Waals surface area contributed by atoms with E-state index in [2.05, 4.69) is 27.7 Å². The minimum absolute atomic E-state index is 0.102. The fourth-order valence-electron chi connectivity index (χ4n) is 2.84. The van der Waals surface area contributed by atoms with E-state index < -0.39 is 21.6 Å². The van der Waals surface area contributed by atoms with E-state index in [-0.39, 0.29) is 5.97 Å². The van der Waals surface area contributed by atoms with E-state index in [9.17, 15) is 4.79 Å². The second-order valence-electron chi connectivity index (χ2n) is 6.30. The van der Waals surface area contributed by atoms with Crippen LogP contribution in [0, 0.1) is 0 Å². The van der Waals surface area contributed by atoms with Gasteiger partial charge in [-0.3, -0.25) is 0 Å². The van der Waals surface area contributed by atoms with Gasteiger partial charge >= 0.3 is 132 Å². The summed E-state index contributed by atoms with van der Waals surface area (Å²) in [5.41, 5.74) is 0. The molecule has 0 aliphatic rings. The van der Waals surface area contributed by atoms with Crippen LogP contribution in [0.25, 0.3) is 0 Å². The average Bonchev–Trinajstić information content (AvgIpc) is 2.51. The molecule has 0 aromatic rings. The summed E-state index contributed by atoms with van der Waals surface area (Å²) in [6.07, 6.45) is 12.3. The van der Waals surface area contributed by atoms with E-state index in [0.29, 0.717) is 6.42 Å². The van der Waals surface area contributed by atoms with Crippen molar-refractivity contribution in [3.8, 4) is 0 Å². The Kier molecular flexibility index (Phi) is 14.3. The normalized spacial score (nSPS) is 11.6. The van der Waals surface area contributed by atoms with E-state index in [4.69, 9.17) is 2.69 Å². The van der Waals surface area contributed by atoms with Crippen LogP contribution in [-0.2, 0) is 7.48 Å². The molecule has 0 aliphatic carbocycles. The number of unbranched alkanes of at least 4 members (excludes halogenated alkanes) is 8. The van der Waals surface area contributed by atoms with Crippen molar-refractivity contribution in [3.63, 3.8) is 0 Å². The van der Waals surface area contributed by atoms with E-state index in [1.807, 2.05) is 0 Å². The van der Waals surface area contributed by atoms with Crippen LogP contribution in [-0.4, -0.2) is 27.6 Å². The Morgan fingerprint density at radius 1 is 0.714 bits per heavy atom. The molecule has 126 valence electrons. The summed E-state index contributed by atoms with van der Waals surface area (Å²) in [6, 6.07) is 0. The van der Waals surface area contributed by atoms with E-state index in [0.717, 1.165) is 18.4 Å². The van der Waals surface area contributed by atoms with Gasteiger partial charge in [0.25, 0.3) is 0 Å². The third-order valence-corrected chi connectivity index (χ3v) is 22.3. The van der Waals surface area contributed by atoms with Gasteiger partial charge < -0.3 is 0 Å². The Hall–Kier alpha value is 0.392. The van der Waals surface area contributed by atoms with Gasteiger partial charge in [-0.2, -0.15) is 0 Å². The molecule has 0 aromatic carbocycles. The molecular weight excluding hydrogens is 455 g/mol. The van der Waals surface area contributed by atoms with Gasteiger partial charge in [-0.05, 0) is 0 Å². The van der Waals surface area contributed by atoms with Crippen LogP contribution in [0.15, 0.2) is 0 Å². The fourth-order valence-corrected chi connectivity index (χ4v) is 12.6. The molecule has 0 radical (unpaired) electrons. The Bertz CT molecular complexity index is 241. The molecule has 2 nitrogen and oxygen atoms in total. The molecule has 0 spiro atoms. The summed E-state index contributed by atoms with van der Waals surface area (Å²) in [6.45, 7) is 8.88. The van der Waals surface area contributed by atoms with Crippen molar-refractivity contribution in [1.82, 2.24) is 0 Å². The summed E-state index contributed by atoms with van der Waals surface area (Å²) < 4.78 is 9.37. The van der Waals surface area contributed by atoms with Gasteiger partial charge in [-0.15, -0.1) is 0 Å². The van der Waals surface area contributed by atoms with Crippen molar-refractivity contribution in [1.29, 1.82) is 0 Å². The molecule has 0 fully saturated rings. The molecule has 0 aliphatic heterocycles. The number of hydrogen-bond acceptors (Lipinski definition) is 2. The fraction of sp³-hybridized carbons (Fsp3) is 0.944. The van der Waals surface area contributed by atoms with Gasteiger partial charge in [0.15, 0.2) is 0 Å². The maximum atomic E-state index is 12.0. The molecular formula is C18H38O2Pb. The summed E-state index contributed by atoms with van der Waals surface area (Å²) in [4.78, 5) is 12.0. The second kappa shape index (κ2) is 14.0. The van der Waals surface area contributed by atoms with E-state index >= 15 is 0 Å². The van der Waals surface area contributed by atoms with Crippen molar-refractivity contribution in [2.24, 2.45) is 0 Å². The molecule has 0 bridgehead atoms. The van der Waals surface area contributed by atoms with Crippen molar-refractivity contribution in [2.45, 2.75) is 104 Å². The minimum atomic E-state index is -2.63. The Morgan fingerprint density at radius 3 is 1.57 bits per heavy atom. The molecule has 0 unspecified atom stereocenters. The number of rotatable bonds is 14. The van der Waals surface area contributed by atoms with Crippen LogP contribution in [0.2, 0.25) is 11.9 Å². The zero-order chi connectivity index (χ0) is 16.0. The maximum absolute atomic E-state index is 12.0. The molecule has 0 heterocycles. The molecule has 0 atom stereocenters. The molecule has 0 saturated carbocycles. The summed E-state index contributed by atoms with van der Waals surface area (Å²) in [5, 5.41) is 0. The van der Waals surface area contributed by atoms with Crippen LogP contribution in [0.5, 0.6) is 0 Å². The first-order valence-electron chi connectivity index (χ1n) is 9.36. The van der Waals surface area contributed by atoms with Crippen molar-refractivity contribution in [3.05, 3.63) is 0 Å². The number of hydrogen-bond donors (Lipinski definition) is 0. The predicted molar refractivity (Wildman–Crippen MR) is 95.1 cm³/mol. The van der Waals surface area contributed by atoms with Crippen LogP contribution in [0.3, 0.4) is 0 Å². The second-order valence-corrected chi connectivity index (χ2v) is 24.5. The third-order valence-electron chi connectivity index (χ3n) is 4.75. The molecule has 0 N–H and O–H groups in total. The van der Waals surface area contributed by atoms with Gasteiger partial charge in [0.1, 0.15) is 0 Å². The van der Waals surface area contributed by atoms with Crippen molar-refractivity contribution < 1.29 is 7.48 Å². The zero-order valence-electron chi connectivity index (χ0n) is 15.0. The van der Waals surface area contributed by atoms with Crippen molar-refractivity contribution >= 4 is 27.6 Å². The topological polar surface area (TPSA) is 26.3 Å². The van der Waals surface area contributed by atoms with Crippen LogP contribution in [0.1, 0.15) is 91.9 Å². The van der Waals surface area contributed by atoms with Crippen LogP contribution in [0.4, 0.5) is 0 Å². The monoisotopic (exact) mass is 494 g/mol. The molecule has 0 amide bonds. The van der Waals surface area contributed by atoms with Gasteiger partial charge in [0, 0.05) is 0 Å². The molecule has 21 heavy (non-hydrogen) atoms. The molecule has 0 aromatic heterocycles. The molecule has 0 rings (SSSR count). The third kappa shape index (κ3) is 10.7. The van der Waals surface area contributed by atoms with Crippen molar-refractivity contribution in [2.75, 3.05) is 0 Å². The first-order chi connectivity index (χ1) is 10.1. The Morgan fingerprint density at radius 2 is 1.14 bits per heavy atom. The molecule has 3 heteroatoms. The van der Waals surface area contributed by atoms with Crippen LogP contribution >= 0.6 is 0 Å². The summed E-state index contributed by atoms with van der Waals surface area (Å²) in [5.74, 6) is 0.102. The van der Waals surface area contributed by atoms with E-state index in [1.165, 1.54) is 51.4 Å². The summed E-state index contributed by atoms with van der Waals surface area (Å²) in [7, 11) is 0. The summed E-state index contributed by atoms with van der Waals surface area (Å²) >= 11 is -2.63. The molecule has 0 saturated heterocycles. The van der Waals surface area contributed by atoms with Gasteiger partial charge in [0.05, 0.1) is 0 Å². The van der Waals surface area contributed by atoms with Gasteiger partial charge in [-0.1, -0.05) is 6.92 Å². The average molecular weight is 494 g/mol. The quantitative estimate of drug-likeness (QED) is 0.205. The Labute approximate surface area is 138 Å². The van der Waals surface area contributed by atoms with Gasteiger partial charge in [-0.25, -0.2) is 0 Å². The SMILES string of the molecule is CCCCCCCCCCCC(=O)[O][Pb]([CH2]C)([CH2]C)[CH2]C. The Balaban J connectivity index is 3.58. The first kappa shape index (κ1) is 21.4.